The Labute approximate surface area is 140 Å². The molecule has 0 aliphatic carbocycles. The average Bonchev–Trinajstić information content (AvgIpc) is 2.97. The highest BCUT2D eigenvalue weighted by molar-refractivity contribution is 7.71. The molecule has 2 N–H and O–H groups in total. The molecule has 0 amide bonds. The predicted octanol–water partition coefficient (Wildman–Crippen LogP) is 2.16. The van der Waals surface area contributed by atoms with Gasteiger partial charge in [-0.15, -0.1) is 0 Å². The maximum atomic E-state index is 11.4. The van der Waals surface area contributed by atoms with E-state index in [1.165, 1.54) is 10.9 Å². The lowest BCUT2D eigenvalue weighted by molar-refractivity contribution is 0.415. The summed E-state index contributed by atoms with van der Waals surface area (Å²) in [5, 5.41) is 20.2. The zero-order valence-corrected chi connectivity index (χ0v) is 13.3. The zero-order valence-electron chi connectivity index (χ0n) is 12.5. The lowest BCUT2D eigenvalue weighted by atomic mass is 10.2. The molecule has 3 rings (SSSR count). The highest BCUT2D eigenvalue weighted by Crippen LogP contribution is 2.22. The highest BCUT2D eigenvalue weighted by Gasteiger charge is 2.09. The van der Waals surface area contributed by atoms with Gasteiger partial charge in [0.25, 0.3) is 0 Å². The van der Waals surface area contributed by atoms with Crippen LogP contribution in [-0.2, 0) is 0 Å². The van der Waals surface area contributed by atoms with Gasteiger partial charge in [-0.1, -0.05) is 12.1 Å². The molecule has 24 heavy (non-hydrogen) atoms. The average molecular weight is 344 g/mol. The Morgan fingerprint density at radius 3 is 3.04 bits per heavy atom. The van der Waals surface area contributed by atoms with Gasteiger partial charge in [0.2, 0.25) is 10.2 Å². The monoisotopic (exact) mass is 344 g/mol. The Kier molecular flexibility index (Phi) is 4.25. The minimum atomic E-state index is -0.563. The number of aromatic nitrogens is 3. The maximum absolute atomic E-state index is 11.4. The van der Waals surface area contributed by atoms with Crippen molar-refractivity contribution in [3.8, 4) is 22.9 Å². The van der Waals surface area contributed by atoms with Gasteiger partial charge in [-0.05, 0) is 24.4 Å². The van der Waals surface area contributed by atoms with E-state index in [0.29, 0.717) is 11.6 Å². The van der Waals surface area contributed by atoms with Crippen LogP contribution in [0.15, 0.2) is 50.9 Å². The van der Waals surface area contributed by atoms with Crippen LogP contribution in [0.4, 0.5) is 0 Å². The molecule has 2 aromatic heterocycles. The molecular formula is C15H12N4O4S. The van der Waals surface area contributed by atoms with Crippen LogP contribution >= 0.6 is 12.2 Å². The molecule has 9 heteroatoms. The highest BCUT2D eigenvalue weighted by atomic mass is 32.1. The standard InChI is InChI=1S/C15H12N4O4S/c1-22-10-4-2-3-9(5-10)14-17-18-15(24)19(14)16-7-11-6-12(20)13(21)8-23-11/h2-8,21H,1H3,(H,18,24). The van der Waals surface area contributed by atoms with Crippen molar-refractivity contribution in [2.45, 2.75) is 0 Å². The first-order valence-corrected chi connectivity index (χ1v) is 7.17. The molecule has 0 fully saturated rings. The smallest absolute Gasteiger partial charge is 0.227 e. The second-order valence-corrected chi connectivity index (χ2v) is 5.06. The minimum absolute atomic E-state index is 0.164. The number of H-pyrrole nitrogens is 1. The summed E-state index contributed by atoms with van der Waals surface area (Å²) in [5.74, 6) is 0.833. The Morgan fingerprint density at radius 1 is 1.46 bits per heavy atom. The summed E-state index contributed by atoms with van der Waals surface area (Å²) in [5.41, 5.74) is 0.178. The number of ether oxygens (including phenoxy) is 1. The normalized spacial score (nSPS) is 11.0. The Hall–Kier alpha value is -3.20. The first-order chi connectivity index (χ1) is 11.6. The van der Waals surface area contributed by atoms with Crippen molar-refractivity contribution in [3.05, 3.63) is 57.3 Å². The van der Waals surface area contributed by atoms with Gasteiger partial charge in [-0.25, -0.2) is 5.10 Å². The Bertz CT molecular complexity index is 1020. The molecule has 0 bridgehead atoms. The number of nitrogens with one attached hydrogen (secondary N) is 1. The van der Waals surface area contributed by atoms with E-state index in [4.69, 9.17) is 21.4 Å². The molecule has 0 atom stereocenters. The lowest BCUT2D eigenvalue weighted by Gasteiger charge is -2.03. The molecule has 0 spiro atoms. The number of methoxy groups -OCH3 is 1. The van der Waals surface area contributed by atoms with E-state index < -0.39 is 11.2 Å². The number of hydrogen-bond acceptors (Lipinski definition) is 7. The van der Waals surface area contributed by atoms with Crippen molar-refractivity contribution >= 4 is 18.4 Å². The van der Waals surface area contributed by atoms with Gasteiger partial charge < -0.3 is 14.3 Å². The van der Waals surface area contributed by atoms with Gasteiger partial charge in [-0.3, -0.25) is 4.79 Å². The Morgan fingerprint density at radius 2 is 2.29 bits per heavy atom. The van der Waals surface area contributed by atoms with Crippen LogP contribution in [0.5, 0.6) is 11.5 Å². The lowest BCUT2D eigenvalue weighted by Crippen LogP contribution is -2.01. The van der Waals surface area contributed by atoms with Crippen LogP contribution in [0.1, 0.15) is 5.76 Å². The quantitative estimate of drug-likeness (QED) is 0.555. The van der Waals surface area contributed by atoms with Crippen LogP contribution in [0.2, 0.25) is 0 Å². The maximum Gasteiger partial charge on any atom is 0.227 e. The van der Waals surface area contributed by atoms with Crippen LogP contribution in [0, 0.1) is 4.77 Å². The van der Waals surface area contributed by atoms with E-state index >= 15 is 0 Å². The number of nitrogens with zero attached hydrogens (tertiary/aromatic N) is 3. The fourth-order valence-corrected chi connectivity index (χ4v) is 2.13. The van der Waals surface area contributed by atoms with Crippen LogP contribution in [0.3, 0.4) is 0 Å². The number of aromatic amines is 1. The molecular weight excluding hydrogens is 332 g/mol. The van der Waals surface area contributed by atoms with Crippen molar-refractivity contribution in [1.29, 1.82) is 0 Å². The van der Waals surface area contributed by atoms with E-state index in [2.05, 4.69) is 15.3 Å². The molecule has 3 aromatic rings. The van der Waals surface area contributed by atoms with Gasteiger partial charge in [-0.2, -0.15) is 14.9 Å². The van der Waals surface area contributed by atoms with Crippen molar-refractivity contribution in [2.75, 3.05) is 7.11 Å². The number of hydrogen-bond donors (Lipinski definition) is 2. The van der Waals surface area contributed by atoms with Crippen molar-refractivity contribution in [3.63, 3.8) is 0 Å². The van der Waals surface area contributed by atoms with Crippen LogP contribution < -0.4 is 10.2 Å². The molecule has 0 aliphatic heterocycles. The second kappa shape index (κ2) is 6.50. The molecule has 0 radical (unpaired) electrons. The first-order valence-electron chi connectivity index (χ1n) is 6.76. The largest absolute Gasteiger partial charge is 0.502 e. The van der Waals surface area contributed by atoms with Gasteiger partial charge in [0, 0.05) is 11.6 Å². The molecule has 2 heterocycles. The second-order valence-electron chi connectivity index (χ2n) is 4.67. The van der Waals surface area contributed by atoms with E-state index in [1.807, 2.05) is 18.2 Å². The van der Waals surface area contributed by atoms with E-state index in [1.54, 1.807) is 13.2 Å². The van der Waals surface area contributed by atoms with E-state index in [0.717, 1.165) is 17.9 Å². The van der Waals surface area contributed by atoms with Crippen molar-refractivity contribution in [2.24, 2.45) is 5.10 Å². The van der Waals surface area contributed by atoms with Crippen LogP contribution in [0.25, 0.3) is 11.4 Å². The first kappa shape index (κ1) is 15.7. The van der Waals surface area contributed by atoms with E-state index in [-0.39, 0.29) is 10.5 Å². The SMILES string of the molecule is COc1cccc(-c2n[nH]c(=S)n2N=Cc2cc(=O)c(O)co2)c1. The third-order valence-electron chi connectivity index (χ3n) is 3.11. The molecule has 0 unspecified atom stereocenters. The van der Waals surface area contributed by atoms with Crippen molar-refractivity contribution in [1.82, 2.24) is 14.9 Å². The summed E-state index contributed by atoms with van der Waals surface area (Å²) in [7, 11) is 1.57. The molecule has 0 saturated carbocycles. The fraction of sp³-hybridized carbons (Fsp3) is 0.0667. The van der Waals surface area contributed by atoms with Crippen molar-refractivity contribution < 1.29 is 14.3 Å². The number of rotatable bonds is 4. The third-order valence-corrected chi connectivity index (χ3v) is 3.38. The molecule has 1 aromatic carbocycles. The fourth-order valence-electron chi connectivity index (χ4n) is 1.95. The molecule has 0 aliphatic rings. The third kappa shape index (κ3) is 3.10. The summed E-state index contributed by atoms with van der Waals surface area (Å²) in [6, 6.07) is 8.37. The zero-order chi connectivity index (χ0) is 17.1. The molecule has 122 valence electrons. The number of benzene rings is 1. The van der Waals surface area contributed by atoms with Gasteiger partial charge in [0.05, 0.1) is 13.3 Å². The predicted molar refractivity (Wildman–Crippen MR) is 89.0 cm³/mol. The minimum Gasteiger partial charge on any atom is -0.502 e. The Balaban J connectivity index is 2.01. The molecule has 0 saturated heterocycles. The van der Waals surface area contributed by atoms with Gasteiger partial charge in [0.1, 0.15) is 12.0 Å². The summed E-state index contributed by atoms with van der Waals surface area (Å²) in [6.45, 7) is 0. The van der Waals surface area contributed by atoms with Crippen LogP contribution in [-0.4, -0.2) is 33.3 Å². The number of aromatic hydroxyl groups is 1. The van der Waals surface area contributed by atoms with Gasteiger partial charge in [0.15, 0.2) is 17.3 Å². The van der Waals surface area contributed by atoms with E-state index in [9.17, 15) is 9.90 Å². The topological polar surface area (TPSA) is 106 Å². The molecule has 8 nitrogen and oxygen atoms in total. The summed E-state index contributed by atoms with van der Waals surface area (Å²) in [6.07, 6.45) is 2.25. The van der Waals surface area contributed by atoms with Gasteiger partial charge >= 0.3 is 0 Å². The summed E-state index contributed by atoms with van der Waals surface area (Å²) < 4.78 is 11.9. The summed E-state index contributed by atoms with van der Waals surface area (Å²) >= 11 is 5.16. The summed E-state index contributed by atoms with van der Waals surface area (Å²) in [4.78, 5) is 11.4.